The topological polar surface area (TPSA) is 58.6 Å². The number of rotatable bonds is 10. The fraction of sp³-hybridized carbons (Fsp3) is 0.417. The van der Waals surface area contributed by atoms with Gasteiger partial charge in [0.05, 0.1) is 5.02 Å². The monoisotopic (exact) mass is 464 g/mol. The zero-order chi connectivity index (χ0) is 23.0. The number of hydrogen-bond donors (Lipinski definition) is 1. The normalized spacial score (nSPS) is 12.7. The second-order valence-electron chi connectivity index (χ2n) is 7.62. The molecule has 0 radical (unpaired) electrons. The molecule has 2 aromatic rings. The number of nitrogens with one attached hydrogen (secondary N) is 1. The second kappa shape index (κ2) is 12.0. The van der Waals surface area contributed by atoms with Crippen molar-refractivity contribution in [2.75, 3.05) is 6.61 Å². The van der Waals surface area contributed by atoms with Crippen LogP contribution in [0.5, 0.6) is 5.75 Å². The van der Waals surface area contributed by atoms with Gasteiger partial charge in [0.15, 0.2) is 6.61 Å². The molecule has 2 amide bonds. The van der Waals surface area contributed by atoms with Crippen molar-refractivity contribution in [2.24, 2.45) is 0 Å². The third-order valence-corrected chi connectivity index (χ3v) is 5.60. The predicted octanol–water partition coefficient (Wildman–Crippen LogP) is 5.40. The number of aryl methyl sites for hydroxylation is 1. The van der Waals surface area contributed by atoms with Crippen LogP contribution in [0.25, 0.3) is 0 Å². The molecule has 7 heteroatoms. The maximum Gasteiger partial charge on any atom is 0.261 e. The van der Waals surface area contributed by atoms with Crippen molar-refractivity contribution in [3.63, 3.8) is 0 Å². The summed E-state index contributed by atoms with van der Waals surface area (Å²) in [7, 11) is 0. The Morgan fingerprint density at radius 2 is 1.84 bits per heavy atom. The molecule has 0 aliphatic rings. The molecule has 31 heavy (non-hydrogen) atoms. The number of nitrogens with zero attached hydrogens (tertiary/aromatic N) is 1. The smallest absolute Gasteiger partial charge is 0.261 e. The van der Waals surface area contributed by atoms with E-state index in [2.05, 4.69) is 5.32 Å². The number of ether oxygens (including phenoxy) is 1. The van der Waals surface area contributed by atoms with Crippen LogP contribution in [0.15, 0.2) is 42.5 Å². The summed E-state index contributed by atoms with van der Waals surface area (Å²) >= 11 is 12.1. The molecular weight excluding hydrogens is 435 g/mol. The van der Waals surface area contributed by atoms with E-state index in [9.17, 15) is 9.59 Å². The summed E-state index contributed by atoms with van der Waals surface area (Å²) < 4.78 is 5.66. The van der Waals surface area contributed by atoms with Gasteiger partial charge in [-0.3, -0.25) is 9.59 Å². The van der Waals surface area contributed by atoms with Crippen LogP contribution in [0, 0.1) is 6.92 Å². The Morgan fingerprint density at radius 3 is 2.45 bits per heavy atom. The van der Waals surface area contributed by atoms with Gasteiger partial charge >= 0.3 is 0 Å². The third-order valence-electron chi connectivity index (χ3n) is 5.07. The summed E-state index contributed by atoms with van der Waals surface area (Å²) in [5.41, 5.74) is 2.04. The average Bonchev–Trinajstić information content (AvgIpc) is 2.72. The van der Waals surface area contributed by atoms with Gasteiger partial charge in [-0.25, -0.2) is 0 Å². The Hall–Kier alpha value is -2.24. The molecule has 0 spiro atoms. The Balaban J connectivity index is 2.23. The molecule has 0 aliphatic heterocycles. The van der Waals surface area contributed by atoms with Crippen LogP contribution in [-0.2, 0) is 16.1 Å². The number of amides is 2. The van der Waals surface area contributed by atoms with Crippen LogP contribution < -0.4 is 10.1 Å². The highest BCUT2D eigenvalue weighted by Gasteiger charge is 2.29. The minimum Gasteiger partial charge on any atom is -0.482 e. The van der Waals surface area contributed by atoms with Crippen molar-refractivity contribution in [1.82, 2.24) is 10.2 Å². The van der Waals surface area contributed by atoms with Gasteiger partial charge in [-0.2, -0.15) is 0 Å². The first-order valence-corrected chi connectivity index (χ1v) is 11.2. The molecule has 0 bridgehead atoms. The van der Waals surface area contributed by atoms with E-state index in [0.29, 0.717) is 28.8 Å². The van der Waals surface area contributed by atoms with Crippen LogP contribution in [0.1, 0.15) is 44.7 Å². The number of hydrogen-bond acceptors (Lipinski definition) is 3. The molecule has 168 valence electrons. The summed E-state index contributed by atoms with van der Waals surface area (Å²) in [6.45, 7) is 7.92. The van der Waals surface area contributed by atoms with E-state index in [1.165, 1.54) is 0 Å². The van der Waals surface area contributed by atoms with E-state index in [-0.39, 0.29) is 24.5 Å². The van der Waals surface area contributed by atoms with Gasteiger partial charge in [0.25, 0.3) is 5.91 Å². The lowest BCUT2D eigenvalue weighted by molar-refractivity contribution is -0.143. The van der Waals surface area contributed by atoms with Crippen LogP contribution in [0.3, 0.4) is 0 Å². The van der Waals surface area contributed by atoms with Crippen molar-refractivity contribution in [3.05, 3.63) is 63.6 Å². The van der Waals surface area contributed by atoms with Crippen LogP contribution in [0.4, 0.5) is 0 Å². The van der Waals surface area contributed by atoms with Crippen molar-refractivity contribution in [2.45, 2.75) is 59.2 Å². The molecule has 1 N–H and O–H groups in total. The van der Waals surface area contributed by atoms with Crippen molar-refractivity contribution < 1.29 is 14.3 Å². The number of carbonyl (C=O) groups excluding carboxylic acids is 2. The largest absolute Gasteiger partial charge is 0.482 e. The predicted molar refractivity (Wildman–Crippen MR) is 126 cm³/mol. The average molecular weight is 465 g/mol. The Labute approximate surface area is 194 Å². The van der Waals surface area contributed by atoms with Gasteiger partial charge < -0.3 is 15.0 Å². The lowest BCUT2D eigenvalue weighted by Crippen LogP contribution is -2.51. The van der Waals surface area contributed by atoms with E-state index >= 15 is 0 Å². The first-order valence-electron chi connectivity index (χ1n) is 10.5. The van der Waals surface area contributed by atoms with Crippen molar-refractivity contribution in [1.29, 1.82) is 0 Å². The van der Waals surface area contributed by atoms with Crippen LogP contribution in [0.2, 0.25) is 10.0 Å². The first-order chi connectivity index (χ1) is 14.7. The van der Waals surface area contributed by atoms with E-state index < -0.39 is 6.04 Å². The number of benzene rings is 2. The fourth-order valence-electron chi connectivity index (χ4n) is 3.18. The Morgan fingerprint density at radius 1 is 1.10 bits per heavy atom. The highest BCUT2D eigenvalue weighted by atomic mass is 35.5. The number of carbonyl (C=O) groups is 2. The quantitative estimate of drug-likeness (QED) is 0.511. The lowest BCUT2D eigenvalue weighted by atomic mass is 10.1. The minimum atomic E-state index is -0.605. The van der Waals surface area contributed by atoms with Crippen molar-refractivity contribution >= 4 is 35.0 Å². The number of halogens is 2. The van der Waals surface area contributed by atoms with Crippen LogP contribution >= 0.6 is 23.2 Å². The summed E-state index contributed by atoms with van der Waals surface area (Å²) in [6.07, 6.45) is 1.30. The Kier molecular flexibility index (Phi) is 9.66. The van der Waals surface area contributed by atoms with E-state index in [4.69, 9.17) is 27.9 Å². The zero-order valence-corrected chi connectivity index (χ0v) is 20.0. The van der Waals surface area contributed by atoms with Gasteiger partial charge in [-0.1, -0.05) is 66.9 Å². The summed E-state index contributed by atoms with van der Waals surface area (Å²) in [5, 5.41) is 3.80. The maximum atomic E-state index is 13.2. The van der Waals surface area contributed by atoms with Gasteiger partial charge in [0, 0.05) is 17.6 Å². The maximum absolute atomic E-state index is 13.2. The molecule has 0 unspecified atom stereocenters. The fourth-order valence-corrected chi connectivity index (χ4v) is 3.65. The van der Waals surface area contributed by atoms with Gasteiger partial charge in [0.2, 0.25) is 5.91 Å². The molecule has 2 aromatic carbocycles. The third kappa shape index (κ3) is 7.44. The highest BCUT2D eigenvalue weighted by molar-refractivity contribution is 6.35. The summed E-state index contributed by atoms with van der Waals surface area (Å²) in [4.78, 5) is 27.7. The lowest BCUT2D eigenvalue weighted by Gasteiger charge is -2.31. The highest BCUT2D eigenvalue weighted by Crippen LogP contribution is 2.27. The molecule has 5 nitrogen and oxygen atoms in total. The molecule has 2 rings (SSSR count). The molecule has 2 atom stereocenters. The standard InChI is InChI=1S/C24H30Cl2N2O3/c1-5-17(4)27-24(30)21(6-2)28(14-18-9-7-8-16(3)12-18)23(29)15-31-22-11-10-19(25)13-20(22)26/h7-13,17,21H,5-6,14-15H2,1-4H3,(H,27,30)/t17-,21-/m0/s1. The first kappa shape index (κ1) is 25.0. The molecule has 0 aromatic heterocycles. The SMILES string of the molecule is CC[C@H](C)NC(=O)[C@H](CC)N(Cc1cccc(C)c1)C(=O)COc1ccc(Cl)cc1Cl. The summed E-state index contributed by atoms with van der Waals surface area (Å²) in [6, 6.07) is 12.1. The molecule has 0 fully saturated rings. The second-order valence-corrected chi connectivity index (χ2v) is 8.46. The van der Waals surface area contributed by atoms with Gasteiger partial charge in [-0.05, 0) is 50.5 Å². The molecule has 0 saturated heterocycles. The van der Waals surface area contributed by atoms with E-state index in [1.54, 1.807) is 23.1 Å². The zero-order valence-electron chi connectivity index (χ0n) is 18.5. The van der Waals surface area contributed by atoms with Gasteiger partial charge in [-0.15, -0.1) is 0 Å². The Bertz CT molecular complexity index is 904. The molecular formula is C24H30Cl2N2O3. The van der Waals surface area contributed by atoms with Crippen LogP contribution in [-0.4, -0.2) is 35.4 Å². The molecule has 0 saturated carbocycles. The molecule has 0 aliphatic carbocycles. The van der Waals surface area contributed by atoms with E-state index in [0.717, 1.165) is 17.5 Å². The van der Waals surface area contributed by atoms with Crippen molar-refractivity contribution in [3.8, 4) is 5.75 Å². The molecule has 0 heterocycles. The van der Waals surface area contributed by atoms with E-state index in [1.807, 2.05) is 52.0 Å². The summed E-state index contributed by atoms with van der Waals surface area (Å²) in [5.74, 6) is -0.0897. The minimum absolute atomic E-state index is 0.0293. The van der Waals surface area contributed by atoms with Gasteiger partial charge in [0.1, 0.15) is 11.8 Å².